The van der Waals surface area contributed by atoms with Crippen molar-refractivity contribution in [1.82, 2.24) is 19.2 Å². The van der Waals surface area contributed by atoms with Crippen molar-refractivity contribution in [2.75, 3.05) is 13.1 Å². The van der Waals surface area contributed by atoms with Crippen LogP contribution in [0.15, 0.2) is 59.8 Å². The van der Waals surface area contributed by atoms with E-state index in [1.165, 1.54) is 4.31 Å². The quantitative estimate of drug-likeness (QED) is 0.697. The summed E-state index contributed by atoms with van der Waals surface area (Å²) < 4.78 is 29.7. The number of fused-ring (bicyclic) bond motifs is 1. The minimum atomic E-state index is -3.65. The third-order valence-corrected chi connectivity index (χ3v) is 7.28. The van der Waals surface area contributed by atoms with E-state index < -0.39 is 10.0 Å². The molecule has 0 saturated carbocycles. The van der Waals surface area contributed by atoms with Gasteiger partial charge in [-0.15, -0.1) is 0 Å². The average molecular weight is 413 g/mol. The highest BCUT2D eigenvalue weighted by molar-refractivity contribution is 7.89. The number of carbonyl (C=O) groups is 1. The number of aryl methyl sites for hydroxylation is 1. The monoisotopic (exact) mass is 412 g/mol. The zero-order valence-electron chi connectivity index (χ0n) is 16.3. The Morgan fingerprint density at radius 2 is 2.10 bits per heavy atom. The highest BCUT2D eigenvalue weighted by Gasteiger charge is 2.33. The Balaban J connectivity index is 1.46. The molecule has 0 bridgehead atoms. The van der Waals surface area contributed by atoms with Gasteiger partial charge in [-0.1, -0.05) is 6.07 Å². The largest absolute Gasteiger partial charge is 0.351 e. The zero-order valence-corrected chi connectivity index (χ0v) is 17.1. The number of aromatic nitrogens is 2. The minimum absolute atomic E-state index is 0.130. The first kappa shape index (κ1) is 19.6. The van der Waals surface area contributed by atoms with Crippen LogP contribution in [0.25, 0.3) is 10.9 Å². The number of rotatable bonds is 5. The number of benzene rings is 1. The third kappa shape index (κ3) is 4.04. The summed E-state index contributed by atoms with van der Waals surface area (Å²) in [7, 11) is -1.72. The van der Waals surface area contributed by atoms with E-state index in [4.69, 9.17) is 0 Å². The Hall–Kier alpha value is -2.71. The SMILES string of the molecule is Cn1ccc2cc(S(=O)(=O)N3CCC[C@@H](C(=O)NCc4ccccn4)C3)ccc21. The number of carbonyl (C=O) groups excluding carboxylic acids is 1. The summed E-state index contributed by atoms with van der Waals surface area (Å²) in [6, 6.07) is 12.6. The van der Waals surface area contributed by atoms with Gasteiger partial charge in [0.15, 0.2) is 0 Å². The maximum Gasteiger partial charge on any atom is 0.243 e. The van der Waals surface area contributed by atoms with Gasteiger partial charge in [-0.25, -0.2) is 8.42 Å². The number of pyridine rings is 1. The molecule has 2 aromatic heterocycles. The van der Waals surface area contributed by atoms with Crippen molar-refractivity contribution in [2.45, 2.75) is 24.3 Å². The van der Waals surface area contributed by atoms with Crippen LogP contribution in [0.1, 0.15) is 18.5 Å². The number of nitrogens with one attached hydrogen (secondary N) is 1. The van der Waals surface area contributed by atoms with Gasteiger partial charge in [0.25, 0.3) is 0 Å². The normalized spacial score (nSPS) is 18.0. The number of hydrogen-bond acceptors (Lipinski definition) is 4. The van der Waals surface area contributed by atoms with Gasteiger partial charge in [-0.2, -0.15) is 4.31 Å². The van der Waals surface area contributed by atoms with Crippen molar-refractivity contribution in [3.05, 3.63) is 60.6 Å². The molecular weight excluding hydrogens is 388 g/mol. The third-order valence-electron chi connectivity index (χ3n) is 5.42. The fourth-order valence-electron chi connectivity index (χ4n) is 3.77. The van der Waals surface area contributed by atoms with Gasteiger partial charge in [0.1, 0.15) is 0 Å². The van der Waals surface area contributed by atoms with E-state index in [0.29, 0.717) is 25.9 Å². The first-order valence-corrected chi connectivity index (χ1v) is 11.1. The van der Waals surface area contributed by atoms with Gasteiger partial charge in [-0.3, -0.25) is 9.78 Å². The summed E-state index contributed by atoms with van der Waals surface area (Å²) in [4.78, 5) is 17.1. The molecule has 0 spiro atoms. The molecule has 1 saturated heterocycles. The lowest BCUT2D eigenvalue weighted by molar-refractivity contribution is -0.126. The number of amides is 1. The Morgan fingerprint density at radius 1 is 1.24 bits per heavy atom. The maximum absolute atomic E-state index is 13.2. The van der Waals surface area contributed by atoms with E-state index in [9.17, 15) is 13.2 Å². The molecule has 0 unspecified atom stereocenters. The first-order valence-electron chi connectivity index (χ1n) is 9.68. The van der Waals surface area contributed by atoms with Gasteiger partial charge in [-0.05, 0) is 49.2 Å². The average Bonchev–Trinajstić information content (AvgIpc) is 3.13. The number of nitrogens with zero attached hydrogens (tertiary/aromatic N) is 3. The van der Waals surface area contributed by atoms with Crippen LogP contribution in [0.4, 0.5) is 0 Å². The lowest BCUT2D eigenvalue weighted by Crippen LogP contribution is -2.45. The topological polar surface area (TPSA) is 84.3 Å². The molecule has 3 aromatic rings. The van der Waals surface area contributed by atoms with Crippen LogP contribution in [0.3, 0.4) is 0 Å². The lowest BCUT2D eigenvalue weighted by Gasteiger charge is -2.31. The first-order chi connectivity index (χ1) is 13.9. The van der Waals surface area contributed by atoms with Crippen LogP contribution in [-0.4, -0.2) is 41.3 Å². The van der Waals surface area contributed by atoms with Gasteiger partial charge in [0, 0.05) is 43.4 Å². The van der Waals surface area contributed by atoms with Gasteiger partial charge >= 0.3 is 0 Å². The molecule has 1 aliphatic heterocycles. The van der Waals surface area contributed by atoms with Crippen molar-refractivity contribution >= 4 is 26.8 Å². The highest BCUT2D eigenvalue weighted by Crippen LogP contribution is 2.26. The molecule has 1 aromatic carbocycles. The van der Waals surface area contributed by atoms with Crippen LogP contribution in [0.2, 0.25) is 0 Å². The Kier molecular flexibility index (Phi) is 5.38. The lowest BCUT2D eigenvalue weighted by atomic mass is 9.99. The molecule has 0 radical (unpaired) electrons. The summed E-state index contributed by atoms with van der Waals surface area (Å²) >= 11 is 0. The van der Waals surface area contributed by atoms with Crippen molar-refractivity contribution in [1.29, 1.82) is 0 Å². The summed E-state index contributed by atoms with van der Waals surface area (Å²) in [6.45, 7) is 0.968. The smallest absolute Gasteiger partial charge is 0.243 e. The van der Waals surface area contributed by atoms with Crippen LogP contribution in [-0.2, 0) is 28.4 Å². The molecule has 1 N–H and O–H groups in total. The van der Waals surface area contributed by atoms with E-state index in [2.05, 4.69) is 10.3 Å². The molecule has 7 nitrogen and oxygen atoms in total. The van der Waals surface area contributed by atoms with Crippen molar-refractivity contribution < 1.29 is 13.2 Å². The Morgan fingerprint density at radius 3 is 2.90 bits per heavy atom. The molecule has 1 aliphatic rings. The summed E-state index contributed by atoms with van der Waals surface area (Å²) in [6.07, 6.45) is 4.93. The van der Waals surface area contributed by atoms with E-state index in [1.54, 1.807) is 18.3 Å². The molecular formula is C21H24N4O3S. The molecule has 1 fully saturated rings. The van der Waals surface area contributed by atoms with Gasteiger partial charge < -0.3 is 9.88 Å². The van der Waals surface area contributed by atoms with Crippen molar-refractivity contribution in [3.63, 3.8) is 0 Å². The van der Waals surface area contributed by atoms with Crippen molar-refractivity contribution in [2.24, 2.45) is 13.0 Å². The molecule has 0 aliphatic carbocycles. The van der Waals surface area contributed by atoms with Crippen LogP contribution in [0, 0.1) is 5.92 Å². The molecule has 4 rings (SSSR count). The summed E-state index contributed by atoms with van der Waals surface area (Å²) in [5, 5.41) is 3.77. The second-order valence-electron chi connectivity index (χ2n) is 7.39. The molecule has 1 atom stereocenters. The highest BCUT2D eigenvalue weighted by atomic mass is 32.2. The van der Waals surface area contributed by atoms with Gasteiger partial charge in [0.05, 0.1) is 23.1 Å². The standard InChI is InChI=1S/C21H24N4O3S/c1-24-12-9-16-13-19(7-8-20(16)24)29(27,28)25-11-4-5-17(15-25)21(26)23-14-18-6-2-3-10-22-18/h2-3,6-10,12-13,17H,4-5,11,14-15H2,1H3,(H,23,26)/t17-/m1/s1. The number of sulfonamides is 1. The maximum atomic E-state index is 13.2. The predicted molar refractivity (Wildman–Crippen MR) is 110 cm³/mol. The van der Waals surface area contributed by atoms with Crippen molar-refractivity contribution in [3.8, 4) is 0 Å². The second kappa shape index (κ2) is 7.96. The van der Waals surface area contributed by atoms with E-state index in [1.807, 2.05) is 48.1 Å². The molecule has 29 heavy (non-hydrogen) atoms. The van der Waals surface area contributed by atoms with Crippen LogP contribution >= 0.6 is 0 Å². The molecule has 3 heterocycles. The van der Waals surface area contributed by atoms with E-state index in [0.717, 1.165) is 16.6 Å². The number of piperidine rings is 1. The van der Waals surface area contributed by atoms with E-state index in [-0.39, 0.29) is 23.3 Å². The fraction of sp³-hybridized carbons (Fsp3) is 0.333. The second-order valence-corrected chi connectivity index (χ2v) is 9.33. The predicted octanol–water partition coefficient (Wildman–Crippen LogP) is 2.29. The van der Waals surface area contributed by atoms with E-state index >= 15 is 0 Å². The van der Waals surface area contributed by atoms with Crippen LogP contribution in [0.5, 0.6) is 0 Å². The Bertz CT molecular complexity index is 1130. The fourth-order valence-corrected chi connectivity index (χ4v) is 5.33. The van der Waals surface area contributed by atoms with Gasteiger partial charge in [0.2, 0.25) is 15.9 Å². The number of hydrogen-bond donors (Lipinski definition) is 1. The molecule has 8 heteroatoms. The Labute approximate surface area is 170 Å². The summed E-state index contributed by atoms with van der Waals surface area (Å²) in [5.41, 5.74) is 1.76. The minimum Gasteiger partial charge on any atom is -0.351 e. The van der Waals surface area contributed by atoms with Crippen LogP contribution < -0.4 is 5.32 Å². The molecule has 1 amide bonds. The zero-order chi connectivity index (χ0) is 20.4. The molecule has 152 valence electrons. The summed E-state index contributed by atoms with van der Waals surface area (Å²) in [5.74, 6) is -0.489.